The van der Waals surface area contributed by atoms with Crippen LogP contribution in [0.5, 0.6) is 5.75 Å². The quantitative estimate of drug-likeness (QED) is 0.720. The lowest BCUT2D eigenvalue weighted by atomic mass is 10.1. The first-order chi connectivity index (χ1) is 12.1. The maximum absolute atomic E-state index is 12.4. The highest BCUT2D eigenvalue weighted by Crippen LogP contribution is 2.30. The van der Waals surface area contributed by atoms with Crippen LogP contribution in [0.3, 0.4) is 0 Å². The third-order valence-corrected chi connectivity index (χ3v) is 3.84. The third-order valence-electron chi connectivity index (χ3n) is 3.84. The van der Waals surface area contributed by atoms with E-state index in [1.165, 1.54) is 12.3 Å². The molecule has 0 saturated carbocycles. The summed E-state index contributed by atoms with van der Waals surface area (Å²) in [5.41, 5.74) is 2.63. The number of rotatable bonds is 5. The van der Waals surface area contributed by atoms with Crippen molar-refractivity contribution in [2.45, 2.75) is 19.6 Å². The number of hydrogen-bond acceptors (Lipinski definition) is 4. The van der Waals surface area contributed by atoms with Crippen LogP contribution in [-0.4, -0.2) is 11.6 Å². The fourth-order valence-electron chi connectivity index (χ4n) is 2.64. The van der Waals surface area contributed by atoms with Gasteiger partial charge >= 0.3 is 6.61 Å². The fourth-order valence-corrected chi connectivity index (χ4v) is 2.64. The Morgan fingerprint density at radius 3 is 2.72 bits per heavy atom. The number of fused-ring (bicyclic) bond motifs is 1. The topological polar surface area (TPSA) is 57.9 Å². The summed E-state index contributed by atoms with van der Waals surface area (Å²) in [5, 5.41) is 13.5. The molecule has 2 aromatic carbocycles. The van der Waals surface area contributed by atoms with Gasteiger partial charge in [0.15, 0.2) is 0 Å². The molecule has 0 spiro atoms. The van der Waals surface area contributed by atoms with Gasteiger partial charge in [-0.3, -0.25) is 4.98 Å². The SMILES string of the molecule is CC(Nc1c(C#N)cnc2ccccc12)c1cccc(OC(F)F)c1. The van der Waals surface area contributed by atoms with E-state index in [4.69, 9.17) is 0 Å². The molecule has 0 aliphatic carbocycles. The van der Waals surface area contributed by atoms with Gasteiger partial charge in [-0.25, -0.2) is 0 Å². The number of ether oxygens (including phenoxy) is 1. The van der Waals surface area contributed by atoms with E-state index in [9.17, 15) is 14.0 Å². The molecular weight excluding hydrogens is 324 g/mol. The summed E-state index contributed by atoms with van der Waals surface area (Å²) in [4.78, 5) is 4.27. The normalized spacial score (nSPS) is 12.0. The molecule has 4 nitrogen and oxygen atoms in total. The van der Waals surface area contributed by atoms with E-state index in [0.29, 0.717) is 11.3 Å². The predicted octanol–water partition coefficient (Wildman–Crippen LogP) is 4.88. The zero-order chi connectivity index (χ0) is 17.8. The van der Waals surface area contributed by atoms with Crippen LogP contribution in [0.4, 0.5) is 14.5 Å². The van der Waals surface area contributed by atoms with Crippen molar-refractivity contribution in [2.75, 3.05) is 5.32 Å². The Hall–Kier alpha value is -3.20. The van der Waals surface area contributed by atoms with Crippen LogP contribution in [0.2, 0.25) is 0 Å². The van der Waals surface area contributed by atoms with E-state index in [-0.39, 0.29) is 11.8 Å². The van der Waals surface area contributed by atoms with Crippen molar-refractivity contribution in [1.29, 1.82) is 5.26 Å². The largest absolute Gasteiger partial charge is 0.435 e. The number of anilines is 1. The molecule has 0 saturated heterocycles. The lowest BCUT2D eigenvalue weighted by molar-refractivity contribution is -0.0498. The molecule has 3 rings (SSSR count). The van der Waals surface area contributed by atoms with Crippen molar-refractivity contribution in [3.63, 3.8) is 0 Å². The van der Waals surface area contributed by atoms with Crippen LogP contribution in [0.1, 0.15) is 24.1 Å². The molecule has 0 radical (unpaired) electrons. The van der Waals surface area contributed by atoms with Crippen LogP contribution in [-0.2, 0) is 0 Å². The molecule has 1 unspecified atom stereocenters. The molecule has 126 valence electrons. The van der Waals surface area contributed by atoms with Gasteiger partial charge in [0.25, 0.3) is 0 Å². The Balaban J connectivity index is 1.95. The molecule has 1 N–H and O–H groups in total. The van der Waals surface area contributed by atoms with Gasteiger partial charge in [0.05, 0.1) is 16.8 Å². The number of para-hydroxylation sites is 1. The number of halogens is 2. The van der Waals surface area contributed by atoms with E-state index in [0.717, 1.165) is 16.5 Å². The van der Waals surface area contributed by atoms with Crippen LogP contribution in [0, 0.1) is 11.3 Å². The van der Waals surface area contributed by atoms with Gasteiger partial charge in [-0.1, -0.05) is 30.3 Å². The Morgan fingerprint density at radius 1 is 1.16 bits per heavy atom. The molecule has 0 amide bonds. The Labute approximate surface area is 143 Å². The molecule has 0 fully saturated rings. The van der Waals surface area contributed by atoms with Gasteiger partial charge < -0.3 is 10.1 Å². The lowest BCUT2D eigenvalue weighted by Gasteiger charge is -2.19. The Kier molecular flexibility index (Phi) is 4.75. The Bertz CT molecular complexity index is 937. The van der Waals surface area contributed by atoms with Gasteiger partial charge in [-0.15, -0.1) is 0 Å². The number of hydrogen-bond donors (Lipinski definition) is 1. The minimum atomic E-state index is -2.87. The van der Waals surface area contributed by atoms with Crippen molar-refractivity contribution in [3.05, 3.63) is 65.9 Å². The van der Waals surface area contributed by atoms with Gasteiger partial charge in [-0.05, 0) is 30.7 Å². The summed E-state index contributed by atoms with van der Waals surface area (Å²) in [6.45, 7) is -0.981. The van der Waals surface area contributed by atoms with E-state index < -0.39 is 6.61 Å². The highest BCUT2D eigenvalue weighted by molar-refractivity contribution is 5.94. The highest BCUT2D eigenvalue weighted by Gasteiger charge is 2.14. The number of nitrogens with zero attached hydrogens (tertiary/aromatic N) is 2. The summed E-state index contributed by atoms with van der Waals surface area (Å²) in [6.07, 6.45) is 1.52. The molecule has 0 bridgehead atoms. The van der Waals surface area contributed by atoms with Crippen molar-refractivity contribution in [3.8, 4) is 11.8 Å². The smallest absolute Gasteiger partial charge is 0.387 e. The van der Waals surface area contributed by atoms with Crippen molar-refractivity contribution >= 4 is 16.6 Å². The molecule has 3 aromatic rings. The summed E-state index contributed by atoms with van der Waals surface area (Å²) in [5.74, 6) is 0.0984. The summed E-state index contributed by atoms with van der Waals surface area (Å²) < 4.78 is 29.2. The first-order valence-corrected chi connectivity index (χ1v) is 7.67. The standard InChI is InChI=1S/C19H15F2N3O/c1-12(13-5-4-6-15(9-13)25-19(20)21)24-18-14(10-22)11-23-17-8-3-2-7-16(17)18/h2-9,11-12,19H,1H3,(H,23,24). The molecule has 6 heteroatoms. The average molecular weight is 339 g/mol. The van der Waals surface area contributed by atoms with E-state index in [2.05, 4.69) is 21.1 Å². The van der Waals surface area contributed by atoms with Crippen molar-refractivity contribution in [2.24, 2.45) is 0 Å². The van der Waals surface area contributed by atoms with Gasteiger partial charge in [0.1, 0.15) is 11.8 Å². The molecule has 0 aliphatic heterocycles. The summed E-state index contributed by atoms with van der Waals surface area (Å²) in [6, 6.07) is 15.9. The number of benzene rings is 2. The second-order valence-electron chi connectivity index (χ2n) is 5.49. The monoisotopic (exact) mass is 339 g/mol. The van der Waals surface area contributed by atoms with E-state index >= 15 is 0 Å². The lowest BCUT2D eigenvalue weighted by Crippen LogP contribution is -2.09. The number of nitrogens with one attached hydrogen (secondary N) is 1. The minimum Gasteiger partial charge on any atom is -0.435 e. The predicted molar refractivity (Wildman–Crippen MR) is 91.6 cm³/mol. The van der Waals surface area contributed by atoms with Crippen LogP contribution < -0.4 is 10.1 Å². The molecule has 1 aromatic heterocycles. The van der Waals surface area contributed by atoms with E-state index in [1.54, 1.807) is 12.1 Å². The number of pyridine rings is 1. The second-order valence-corrected chi connectivity index (χ2v) is 5.49. The maximum Gasteiger partial charge on any atom is 0.387 e. The molecular formula is C19H15F2N3O. The zero-order valence-electron chi connectivity index (χ0n) is 13.4. The van der Waals surface area contributed by atoms with Gasteiger partial charge in [-0.2, -0.15) is 14.0 Å². The molecule has 1 atom stereocenters. The summed E-state index contributed by atoms with van der Waals surface area (Å²) >= 11 is 0. The third kappa shape index (κ3) is 3.66. The van der Waals surface area contributed by atoms with Gasteiger partial charge in [0, 0.05) is 17.6 Å². The molecule has 0 aliphatic rings. The number of alkyl halides is 2. The maximum atomic E-state index is 12.4. The molecule has 1 heterocycles. The zero-order valence-corrected chi connectivity index (χ0v) is 13.4. The second kappa shape index (κ2) is 7.14. The van der Waals surface area contributed by atoms with Crippen LogP contribution >= 0.6 is 0 Å². The minimum absolute atomic E-state index is 0.0984. The van der Waals surface area contributed by atoms with Crippen LogP contribution in [0.25, 0.3) is 10.9 Å². The molecule has 25 heavy (non-hydrogen) atoms. The Morgan fingerprint density at radius 2 is 1.96 bits per heavy atom. The summed E-state index contributed by atoms with van der Waals surface area (Å²) in [7, 11) is 0. The average Bonchev–Trinajstić information content (AvgIpc) is 2.61. The van der Waals surface area contributed by atoms with E-state index in [1.807, 2.05) is 37.3 Å². The van der Waals surface area contributed by atoms with Crippen LogP contribution in [0.15, 0.2) is 54.7 Å². The van der Waals surface area contributed by atoms with Gasteiger partial charge in [0.2, 0.25) is 0 Å². The highest BCUT2D eigenvalue weighted by atomic mass is 19.3. The first kappa shape index (κ1) is 16.7. The number of aromatic nitrogens is 1. The number of nitriles is 1. The van der Waals surface area contributed by atoms with Crippen molar-refractivity contribution < 1.29 is 13.5 Å². The fraction of sp³-hybridized carbons (Fsp3) is 0.158. The first-order valence-electron chi connectivity index (χ1n) is 7.67. The van der Waals surface area contributed by atoms with Crippen molar-refractivity contribution in [1.82, 2.24) is 4.98 Å².